The Morgan fingerprint density at radius 2 is 2.24 bits per heavy atom. The van der Waals surface area contributed by atoms with Crippen molar-refractivity contribution in [2.24, 2.45) is 5.73 Å². The average Bonchev–Trinajstić information content (AvgIpc) is 2.46. The quantitative estimate of drug-likeness (QED) is 0.827. The maximum atomic E-state index is 11.9. The van der Waals surface area contributed by atoms with E-state index < -0.39 is 0 Å². The highest BCUT2D eigenvalue weighted by Crippen LogP contribution is 2.14. The second kappa shape index (κ2) is 8.00. The summed E-state index contributed by atoms with van der Waals surface area (Å²) in [7, 11) is 0. The molecule has 1 unspecified atom stereocenters. The molecule has 0 aromatic heterocycles. The normalized spacial score (nSPS) is 17.2. The molecule has 0 aliphatic carbocycles. The van der Waals surface area contributed by atoms with Crippen LogP contribution in [0.4, 0.5) is 0 Å². The number of nitrogens with two attached hydrogens (primary N) is 1. The molecule has 1 atom stereocenters. The molecule has 0 radical (unpaired) electrons. The Hall–Kier alpha value is -1.59. The summed E-state index contributed by atoms with van der Waals surface area (Å²) < 4.78 is 10.8. The molecule has 3 N–H and O–H groups in total. The van der Waals surface area contributed by atoms with E-state index in [1.807, 2.05) is 31.2 Å². The first-order valence-electron chi connectivity index (χ1n) is 7.48. The van der Waals surface area contributed by atoms with Gasteiger partial charge in [0.05, 0.1) is 0 Å². The van der Waals surface area contributed by atoms with Crippen molar-refractivity contribution >= 4 is 5.91 Å². The monoisotopic (exact) mass is 292 g/mol. The van der Waals surface area contributed by atoms with Crippen molar-refractivity contribution in [1.82, 2.24) is 5.32 Å². The lowest BCUT2D eigenvalue weighted by Crippen LogP contribution is -2.41. The minimum atomic E-state index is -0.0838. The molecule has 1 fully saturated rings. The molecule has 1 saturated heterocycles. The van der Waals surface area contributed by atoms with Gasteiger partial charge in [-0.3, -0.25) is 4.79 Å². The molecule has 2 rings (SSSR count). The summed E-state index contributed by atoms with van der Waals surface area (Å²) in [5, 5.41) is 2.97. The molecule has 1 aromatic rings. The van der Waals surface area contributed by atoms with Crippen molar-refractivity contribution < 1.29 is 14.3 Å². The topological polar surface area (TPSA) is 73.6 Å². The highest BCUT2D eigenvalue weighted by Gasteiger charge is 2.16. The Bertz CT molecular complexity index is 457. The van der Waals surface area contributed by atoms with Crippen LogP contribution in [0.2, 0.25) is 0 Å². The zero-order valence-electron chi connectivity index (χ0n) is 12.5. The van der Waals surface area contributed by atoms with Gasteiger partial charge in [0.2, 0.25) is 0 Å². The highest BCUT2D eigenvalue weighted by atomic mass is 16.5. The first kappa shape index (κ1) is 15.8. The van der Waals surface area contributed by atoms with E-state index in [4.69, 9.17) is 15.2 Å². The number of hydrogen-bond acceptors (Lipinski definition) is 4. The lowest BCUT2D eigenvalue weighted by molar-refractivity contribution is -0.124. The predicted molar refractivity (Wildman–Crippen MR) is 81.3 cm³/mol. The van der Waals surface area contributed by atoms with Gasteiger partial charge in [0.25, 0.3) is 5.91 Å². The van der Waals surface area contributed by atoms with Crippen molar-refractivity contribution in [1.29, 1.82) is 0 Å². The van der Waals surface area contributed by atoms with E-state index in [-0.39, 0.29) is 24.6 Å². The van der Waals surface area contributed by atoms with Crippen LogP contribution >= 0.6 is 0 Å². The molecule has 1 heterocycles. The van der Waals surface area contributed by atoms with Gasteiger partial charge in [0.1, 0.15) is 5.75 Å². The van der Waals surface area contributed by atoms with Gasteiger partial charge < -0.3 is 20.5 Å². The minimum absolute atomic E-state index is 0.0407. The number of hydrogen-bond donors (Lipinski definition) is 2. The third-order valence-electron chi connectivity index (χ3n) is 3.41. The van der Waals surface area contributed by atoms with Crippen molar-refractivity contribution in [2.75, 3.05) is 19.8 Å². The summed E-state index contributed by atoms with van der Waals surface area (Å²) in [5.74, 6) is 0.620. The largest absolute Gasteiger partial charge is 0.484 e. The maximum absolute atomic E-state index is 11.9. The van der Waals surface area contributed by atoms with Crippen LogP contribution in [0.1, 0.15) is 25.3 Å². The van der Waals surface area contributed by atoms with Gasteiger partial charge >= 0.3 is 0 Å². The summed E-state index contributed by atoms with van der Waals surface area (Å²) >= 11 is 0. The van der Waals surface area contributed by atoms with E-state index in [0.29, 0.717) is 19.0 Å². The van der Waals surface area contributed by atoms with Gasteiger partial charge in [-0.05, 0) is 43.9 Å². The van der Waals surface area contributed by atoms with Crippen LogP contribution in [-0.4, -0.2) is 37.8 Å². The standard InChI is InChI=1S/C16H24N2O3/c1-12(17)9-13-3-2-4-15(10-13)21-11-16(19)18-14-5-7-20-8-6-14/h2-4,10,12,14H,5-9,11,17H2,1H3,(H,18,19). The van der Waals surface area contributed by atoms with Crippen LogP contribution < -0.4 is 15.8 Å². The third kappa shape index (κ3) is 5.73. The van der Waals surface area contributed by atoms with Crippen LogP contribution in [0, 0.1) is 0 Å². The summed E-state index contributed by atoms with van der Waals surface area (Å²) in [6.07, 6.45) is 2.54. The first-order valence-corrected chi connectivity index (χ1v) is 7.48. The van der Waals surface area contributed by atoms with E-state index in [9.17, 15) is 4.79 Å². The fraction of sp³-hybridized carbons (Fsp3) is 0.562. The fourth-order valence-corrected chi connectivity index (χ4v) is 2.39. The number of amides is 1. The Morgan fingerprint density at radius 3 is 2.95 bits per heavy atom. The molecular formula is C16H24N2O3. The molecule has 0 bridgehead atoms. The summed E-state index contributed by atoms with van der Waals surface area (Å²) in [6.45, 7) is 3.43. The lowest BCUT2D eigenvalue weighted by Gasteiger charge is -2.23. The Labute approximate surface area is 125 Å². The third-order valence-corrected chi connectivity index (χ3v) is 3.41. The van der Waals surface area contributed by atoms with Crippen molar-refractivity contribution in [2.45, 2.75) is 38.3 Å². The number of carbonyl (C=O) groups is 1. The van der Waals surface area contributed by atoms with Crippen LogP contribution in [0.5, 0.6) is 5.75 Å². The van der Waals surface area contributed by atoms with Gasteiger partial charge in [0.15, 0.2) is 6.61 Å². The Kier molecular flexibility index (Phi) is 6.02. The molecule has 1 amide bonds. The number of ether oxygens (including phenoxy) is 2. The van der Waals surface area contributed by atoms with E-state index in [2.05, 4.69) is 5.32 Å². The van der Waals surface area contributed by atoms with Gasteiger partial charge in [-0.2, -0.15) is 0 Å². The lowest BCUT2D eigenvalue weighted by atomic mass is 10.1. The minimum Gasteiger partial charge on any atom is -0.484 e. The number of rotatable bonds is 6. The van der Waals surface area contributed by atoms with Crippen molar-refractivity contribution in [3.8, 4) is 5.75 Å². The smallest absolute Gasteiger partial charge is 0.258 e. The van der Waals surface area contributed by atoms with Crippen LogP contribution in [0.25, 0.3) is 0 Å². The highest BCUT2D eigenvalue weighted by molar-refractivity contribution is 5.77. The molecule has 21 heavy (non-hydrogen) atoms. The maximum Gasteiger partial charge on any atom is 0.258 e. The molecule has 0 spiro atoms. The molecular weight excluding hydrogens is 268 g/mol. The van der Waals surface area contributed by atoms with E-state index in [1.54, 1.807) is 0 Å². The van der Waals surface area contributed by atoms with Crippen molar-refractivity contribution in [3.05, 3.63) is 29.8 Å². The summed E-state index contributed by atoms with van der Waals surface area (Å²) in [6, 6.07) is 8.04. The average molecular weight is 292 g/mol. The Balaban J connectivity index is 1.77. The van der Waals surface area contributed by atoms with Crippen molar-refractivity contribution in [3.63, 3.8) is 0 Å². The molecule has 1 aliphatic rings. The molecule has 0 saturated carbocycles. The predicted octanol–water partition coefficient (Wildman–Crippen LogP) is 1.25. The van der Waals surface area contributed by atoms with Gasteiger partial charge in [-0.15, -0.1) is 0 Å². The second-order valence-electron chi connectivity index (χ2n) is 5.57. The SMILES string of the molecule is CC(N)Cc1cccc(OCC(=O)NC2CCOCC2)c1. The molecule has 5 heteroatoms. The van der Waals surface area contributed by atoms with Gasteiger partial charge in [0, 0.05) is 25.3 Å². The molecule has 1 aromatic carbocycles. The first-order chi connectivity index (χ1) is 10.1. The molecule has 116 valence electrons. The van der Waals surface area contributed by atoms with E-state index >= 15 is 0 Å². The van der Waals surface area contributed by atoms with Gasteiger partial charge in [-0.25, -0.2) is 0 Å². The molecule has 5 nitrogen and oxygen atoms in total. The second-order valence-corrected chi connectivity index (χ2v) is 5.57. The van der Waals surface area contributed by atoms with E-state index in [1.165, 1.54) is 0 Å². The Morgan fingerprint density at radius 1 is 1.48 bits per heavy atom. The number of nitrogens with one attached hydrogen (secondary N) is 1. The molecule has 1 aliphatic heterocycles. The van der Waals surface area contributed by atoms with Crippen LogP contribution in [0.15, 0.2) is 24.3 Å². The van der Waals surface area contributed by atoms with E-state index in [0.717, 1.165) is 24.8 Å². The zero-order chi connectivity index (χ0) is 15.1. The number of benzene rings is 1. The number of carbonyl (C=O) groups excluding carboxylic acids is 1. The van der Waals surface area contributed by atoms with Crippen LogP contribution in [-0.2, 0) is 16.0 Å². The summed E-state index contributed by atoms with van der Waals surface area (Å²) in [4.78, 5) is 11.9. The zero-order valence-corrected chi connectivity index (χ0v) is 12.5. The van der Waals surface area contributed by atoms with Gasteiger partial charge in [-0.1, -0.05) is 12.1 Å². The van der Waals surface area contributed by atoms with Crippen LogP contribution in [0.3, 0.4) is 0 Å². The summed E-state index contributed by atoms with van der Waals surface area (Å²) in [5.41, 5.74) is 6.90. The fourth-order valence-electron chi connectivity index (χ4n) is 2.39.